The van der Waals surface area contributed by atoms with Gasteiger partial charge in [0.2, 0.25) is 0 Å². The number of hydrogen-bond acceptors (Lipinski definition) is 7. The molecule has 1 heterocycles. The number of thioether (sulfide) groups is 1. The molecular weight excluding hydrogens is 318 g/mol. The van der Waals surface area contributed by atoms with Crippen LogP contribution in [0.15, 0.2) is 0 Å². The molecule has 5 unspecified atom stereocenters. The molecule has 6 nitrogen and oxygen atoms in total. The quantitative estimate of drug-likeness (QED) is 0.460. The molecule has 0 radical (unpaired) electrons. The highest BCUT2D eigenvalue weighted by molar-refractivity contribution is 7.99. The van der Waals surface area contributed by atoms with E-state index in [1.807, 2.05) is 6.92 Å². The third kappa shape index (κ3) is 9.24. The van der Waals surface area contributed by atoms with Gasteiger partial charge in [-0.3, -0.25) is 0 Å². The number of rotatable bonds is 9. The van der Waals surface area contributed by atoms with E-state index in [0.717, 1.165) is 24.3 Å². The van der Waals surface area contributed by atoms with E-state index in [1.165, 1.54) is 6.42 Å². The van der Waals surface area contributed by atoms with Gasteiger partial charge in [-0.1, -0.05) is 33.6 Å². The molecule has 0 amide bonds. The fourth-order valence-corrected chi connectivity index (χ4v) is 2.88. The maximum absolute atomic E-state index is 10.0. The maximum Gasteiger partial charge on any atom is 0.184 e. The summed E-state index contributed by atoms with van der Waals surface area (Å²) in [4.78, 5) is 0. The van der Waals surface area contributed by atoms with Crippen molar-refractivity contribution in [3.05, 3.63) is 0 Å². The highest BCUT2D eigenvalue weighted by Gasteiger charge is 2.43. The standard InChI is InChI=1S/C13H27NO5S.C3H8/c1-2-4-9-10(15)11(16)12(13(17)19-9)18-6-3-7-20-8-5-14;1-3-2/h9-13,15-17H,2-8,14H2,1H3;3H2,1-2H3. The summed E-state index contributed by atoms with van der Waals surface area (Å²) >= 11 is 1.74. The summed E-state index contributed by atoms with van der Waals surface area (Å²) in [6.45, 7) is 7.27. The Hall–Kier alpha value is 0.110. The summed E-state index contributed by atoms with van der Waals surface area (Å²) in [5, 5.41) is 29.8. The lowest BCUT2D eigenvalue weighted by molar-refractivity contribution is -0.292. The van der Waals surface area contributed by atoms with Crippen molar-refractivity contribution in [1.29, 1.82) is 0 Å². The van der Waals surface area contributed by atoms with Gasteiger partial charge in [0, 0.05) is 18.9 Å². The van der Waals surface area contributed by atoms with Crippen LogP contribution in [0.25, 0.3) is 0 Å². The molecule has 0 aromatic carbocycles. The highest BCUT2D eigenvalue weighted by Crippen LogP contribution is 2.25. The Kier molecular flexibility index (Phi) is 14.5. The van der Waals surface area contributed by atoms with Crippen molar-refractivity contribution in [2.45, 2.75) is 77.2 Å². The van der Waals surface area contributed by atoms with E-state index >= 15 is 0 Å². The van der Waals surface area contributed by atoms with Crippen molar-refractivity contribution in [1.82, 2.24) is 0 Å². The molecule has 0 aromatic rings. The first-order chi connectivity index (χ1) is 11.0. The Morgan fingerprint density at radius 1 is 1.09 bits per heavy atom. The van der Waals surface area contributed by atoms with E-state index in [4.69, 9.17) is 15.2 Å². The average Bonchev–Trinajstić information content (AvgIpc) is 2.52. The van der Waals surface area contributed by atoms with E-state index < -0.39 is 30.7 Å². The molecule has 5 N–H and O–H groups in total. The summed E-state index contributed by atoms with van der Waals surface area (Å²) in [5.41, 5.74) is 5.39. The van der Waals surface area contributed by atoms with Crippen molar-refractivity contribution >= 4 is 11.8 Å². The molecule has 1 saturated heterocycles. The van der Waals surface area contributed by atoms with Crippen LogP contribution in [0.5, 0.6) is 0 Å². The third-order valence-corrected chi connectivity index (χ3v) is 4.34. The van der Waals surface area contributed by atoms with Gasteiger partial charge in [-0.05, 0) is 18.6 Å². The Labute approximate surface area is 144 Å². The summed E-state index contributed by atoms with van der Waals surface area (Å²) in [6.07, 6.45) is -1.30. The Bertz CT molecular complexity index is 273. The van der Waals surface area contributed by atoms with Crippen LogP contribution in [-0.4, -0.2) is 70.7 Å². The summed E-state index contributed by atoms with van der Waals surface area (Å²) in [5.74, 6) is 1.83. The first-order valence-electron chi connectivity index (χ1n) is 8.62. The largest absolute Gasteiger partial charge is 0.388 e. The van der Waals surface area contributed by atoms with E-state index in [0.29, 0.717) is 19.6 Å². The van der Waals surface area contributed by atoms with Crippen molar-refractivity contribution in [3.63, 3.8) is 0 Å². The van der Waals surface area contributed by atoms with Crippen LogP contribution in [0.2, 0.25) is 0 Å². The fourth-order valence-electron chi connectivity index (χ4n) is 2.19. The first kappa shape index (κ1) is 23.1. The molecule has 1 rings (SSSR count). The van der Waals surface area contributed by atoms with Crippen molar-refractivity contribution in [3.8, 4) is 0 Å². The van der Waals surface area contributed by atoms with E-state index in [1.54, 1.807) is 11.8 Å². The maximum atomic E-state index is 10.0. The molecule has 1 fully saturated rings. The molecule has 5 atom stereocenters. The molecular formula is C16H35NO5S. The number of aliphatic hydroxyl groups is 3. The van der Waals surface area contributed by atoms with Gasteiger partial charge >= 0.3 is 0 Å². The van der Waals surface area contributed by atoms with Crippen molar-refractivity contribution in [2.75, 3.05) is 24.7 Å². The van der Waals surface area contributed by atoms with Crippen LogP contribution in [-0.2, 0) is 9.47 Å². The van der Waals surface area contributed by atoms with Crippen LogP contribution >= 0.6 is 11.8 Å². The Morgan fingerprint density at radius 3 is 2.30 bits per heavy atom. The Morgan fingerprint density at radius 2 is 1.74 bits per heavy atom. The highest BCUT2D eigenvalue weighted by atomic mass is 32.2. The fraction of sp³-hybridized carbons (Fsp3) is 1.00. The molecule has 0 aliphatic carbocycles. The number of aliphatic hydroxyl groups excluding tert-OH is 3. The van der Waals surface area contributed by atoms with Crippen LogP contribution in [0.1, 0.15) is 46.5 Å². The van der Waals surface area contributed by atoms with Crippen molar-refractivity contribution in [2.24, 2.45) is 5.73 Å². The third-order valence-electron chi connectivity index (χ3n) is 3.24. The zero-order valence-electron chi connectivity index (χ0n) is 14.7. The Balaban J connectivity index is 0.00000149. The van der Waals surface area contributed by atoms with E-state index in [2.05, 4.69) is 13.8 Å². The summed E-state index contributed by atoms with van der Waals surface area (Å²) < 4.78 is 10.8. The second-order valence-electron chi connectivity index (χ2n) is 5.63. The molecule has 0 bridgehead atoms. The monoisotopic (exact) mass is 353 g/mol. The minimum atomic E-state index is -1.19. The van der Waals surface area contributed by atoms with E-state index in [9.17, 15) is 15.3 Å². The van der Waals surface area contributed by atoms with Gasteiger partial charge in [0.1, 0.15) is 18.3 Å². The van der Waals surface area contributed by atoms with Gasteiger partial charge in [0.05, 0.1) is 6.10 Å². The molecule has 140 valence electrons. The zero-order chi connectivity index (χ0) is 17.7. The first-order valence-corrected chi connectivity index (χ1v) is 9.77. The SMILES string of the molecule is CCC.CCCC1OC(O)C(OCCCSCCN)C(O)C1O. The predicted octanol–water partition coefficient (Wildman–Crippen LogP) is 1.11. The second-order valence-corrected chi connectivity index (χ2v) is 6.86. The lowest BCUT2D eigenvalue weighted by atomic mass is 9.96. The molecule has 0 aromatic heterocycles. The van der Waals surface area contributed by atoms with Gasteiger partial charge in [-0.15, -0.1) is 0 Å². The van der Waals surface area contributed by atoms with Crippen LogP contribution < -0.4 is 5.73 Å². The van der Waals surface area contributed by atoms with Gasteiger partial charge < -0.3 is 30.5 Å². The number of nitrogens with two attached hydrogens (primary N) is 1. The predicted molar refractivity (Wildman–Crippen MR) is 94.5 cm³/mol. The minimum Gasteiger partial charge on any atom is -0.388 e. The molecule has 7 heteroatoms. The van der Waals surface area contributed by atoms with Crippen LogP contribution in [0.3, 0.4) is 0 Å². The minimum absolute atomic E-state index is 0.408. The average molecular weight is 354 g/mol. The summed E-state index contributed by atoms with van der Waals surface area (Å²) in [6, 6.07) is 0. The van der Waals surface area contributed by atoms with Crippen molar-refractivity contribution < 1.29 is 24.8 Å². The number of hydrogen-bond donors (Lipinski definition) is 4. The number of ether oxygens (including phenoxy) is 2. The summed E-state index contributed by atoms with van der Waals surface area (Å²) in [7, 11) is 0. The van der Waals surface area contributed by atoms with Gasteiger partial charge in [0.25, 0.3) is 0 Å². The van der Waals surface area contributed by atoms with Gasteiger partial charge in [-0.2, -0.15) is 11.8 Å². The van der Waals surface area contributed by atoms with E-state index in [-0.39, 0.29) is 0 Å². The molecule has 1 aliphatic rings. The topological polar surface area (TPSA) is 105 Å². The van der Waals surface area contributed by atoms with Gasteiger partial charge in [0.15, 0.2) is 6.29 Å². The second kappa shape index (κ2) is 14.5. The smallest absolute Gasteiger partial charge is 0.184 e. The normalized spacial score (nSPS) is 30.7. The van der Waals surface area contributed by atoms with Crippen LogP contribution in [0.4, 0.5) is 0 Å². The molecule has 0 spiro atoms. The molecule has 23 heavy (non-hydrogen) atoms. The lowest BCUT2D eigenvalue weighted by Gasteiger charge is -2.40. The molecule has 1 aliphatic heterocycles. The van der Waals surface area contributed by atoms with Gasteiger partial charge in [-0.25, -0.2) is 0 Å². The lowest BCUT2D eigenvalue weighted by Crippen LogP contribution is -2.58. The zero-order valence-corrected chi connectivity index (χ0v) is 15.5. The van der Waals surface area contributed by atoms with Crippen LogP contribution in [0, 0.1) is 0 Å². The molecule has 0 saturated carbocycles.